The molecule has 1 amide bonds. The molecule has 3 N–H and O–H groups in total. The average Bonchev–Trinajstić information content (AvgIpc) is 1.85. The van der Waals surface area contributed by atoms with E-state index >= 15 is 0 Å². The summed E-state index contributed by atoms with van der Waals surface area (Å²) in [6, 6.07) is 0. The summed E-state index contributed by atoms with van der Waals surface area (Å²) in [6.07, 6.45) is -4.56. The first-order valence-electron chi connectivity index (χ1n) is 3.06. The summed E-state index contributed by atoms with van der Waals surface area (Å²) < 4.78 is 36.0. The van der Waals surface area contributed by atoms with Crippen LogP contribution in [-0.2, 0) is 4.79 Å². The molecule has 12 heavy (non-hydrogen) atoms. The van der Waals surface area contributed by atoms with Crippen LogP contribution in [0, 0.1) is 0 Å². The van der Waals surface area contributed by atoms with Gasteiger partial charge in [-0.2, -0.15) is 13.2 Å². The van der Waals surface area contributed by atoms with Gasteiger partial charge in [0, 0.05) is 12.6 Å². The van der Waals surface area contributed by atoms with Crippen molar-refractivity contribution in [1.82, 2.24) is 5.32 Å². The third-order valence-corrected chi connectivity index (χ3v) is 1.28. The van der Waals surface area contributed by atoms with E-state index in [1.54, 1.807) is 0 Å². The van der Waals surface area contributed by atoms with Crippen molar-refractivity contribution in [2.75, 3.05) is 7.05 Å². The van der Waals surface area contributed by atoms with E-state index in [-0.39, 0.29) is 0 Å². The van der Waals surface area contributed by atoms with Gasteiger partial charge < -0.3 is 11.1 Å². The van der Waals surface area contributed by atoms with Gasteiger partial charge in [-0.15, -0.1) is 0 Å². The van der Waals surface area contributed by atoms with Crippen molar-refractivity contribution in [2.45, 2.75) is 13.1 Å². The monoisotopic (exact) mass is 182 g/mol. The lowest BCUT2D eigenvalue weighted by atomic mass is 10.2. The molecule has 6 heteroatoms. The number of amides is 1. The minimum atomic E-state index is -4.56. The third kappa shape index (κ3) is 2.44. The van der Waals surface area contributed by atoms with E-state index in [1.807, 2.05) is 5.32 Å². The molecule has 0 aromatic carbocycles. The van der Waals surface area contributed by atoms with Gasteiger partial charge in [-0.3, -0.25) is 4.79 Å². The maximum Gasteiger partial charge on any atom is 0.431 e. The Morgan fingerprint density at radius 1 is 1.42 bits per heavy atom. The molecule has 0 rings (SSSR count). The summed E-state index contributed by atoms with van der Waals surface area (Å²) in [6.45, 7) is 1.02. The van der Waals surface area contributed by atoms with Crippen LogP contribution in [0.3, 0.4) is 0 Å². The molecule has 70 valence electrons. The molecule has 0 saturated heterocycles. The Bertz CT molecular complexity index is 219. The van der Waals surface area contributed by atoms with Gasteiger partial charge in [0.25, 0.3) is 0 Å². The van der Waals surface area contributed by atoms with Crippen LogP contribution < -0.4 is 11.1 Å². The average molecular weight is 182 g/mol. The second-order valence-electron chi connectivity index (χ2n) is 2.11. The van der Waals surface area contributed by atoms with E-state index < -0.39 is 23.4 Å². The van der Waals surface area contributed by atoms with Crippen LogP contribution in [0.15, 0.2) is 11.3 Å². The second-order valence-corrected chi connectivity index (χ2v) is 2.11. The van der Waals surface area contributed by atoms with Crippen molar-refractivity contribution in [1.29, 1.82) is 0 Å². The molecule has 0 aromatic rings. The van der Waals surface area contributed by atoms with Crippen LogP contribution in [0.2, 0.25) is 0 Å². The maximum atomic E-state index is 12.0. The molecule has 0 aromatic heterocycles. The number of hydrogen-bond donors (Lipinski definition) is 2. The number of carbonyl (C=O) groups is 1. The second kappa shape index (κ2) is 3.46. The molecule has 0 spiro atoms. The van der Waals surface area contributed by atoms with Crippen molar-refractivity contribution in [3.63, 3.8) is 0 Å². The molecule has 0 bridgehead atoms. The molecule has 0 unspecified atom stereocenters. The van der Waals surface area contributed by atoms with E-state index in [0.29, 0.717) is 0 Å². The molecule has 0 heterocycles. The smallest absolute Gasteiger partial charge is 0.384 e. The first-order chi connectivity index (χ1) is 5.30. The molecule has 0 fully saturated rings. The zero-order valence-electron chi connectivity index (χ0n) is 6.62. The lowest BCUT2D eigenvalue weighted by molar-refractivity contribution is -0.117. The van der Waals surface area contributed by atoms with Gasteiger partial charge in [0.2, 0.25) is 5.91 Å². The molecule has 0 atom stereocenters. The van der Waals surface area contributed by atoms with Crippen LogP contribution in [0.4, 0.5) is 13.2 Å². The van der Waals surface area contributed by atoms with E-state index in [9.17, 15) is 18.0 Å². The number of primary amides is 1. The largest absolute Gasteiger partial charge is 0.431 e. The lowest BCUT2D eigenvalue weighted by Gasteiger charge is -2.12. The Kier molecular flexibility index (Phi) is 3.12. The summed E-state index contributed by atoms with van der Waals surface area (Å²) in [5, 5.41) is 1.88. The predicted octanol–water partition coefficient (Wildman–Crippen LogP) is 0.527. The third-order valence-electron chi connectivity index (χ3n) is 1.28. The Labute approximate surface area is 67.4 Å². The van der Waals surface area contributed by atoms with Crippen molar-refractivity contribution < 1.29 is 18.0 Å². The van der Waals surface area contributed by atoms with Crippen molar-refractivity contribution in [3.05, 3.63) is 11.3 Å². The van der Waals surface area contributed by atoms with Gasteiger partial charge in [-0.25, -0.2) is 0 Å². The summed E-state index contributed by atoms with van der Waals surface area (Å²) in [4.78, 5) is 10.4. The van der Waals surface area contributed by atoms with Crippen LogP contribution in [0.1, 0.15) is 6.92 Å². The van der Waals surface area contributed by atoms with E-state index in [1.165, 1.54) is 0 Å². The minimum Gasteiger partial charge on any atom is -0.384 e. The first kappa shape index (κ1) is 10.8. The normalized spacial score (nSPS) is 13.8. The molecule has 0 aliphatic carbocycles. The molecular weight excluding hydrogens is 173 g/mol. The van der Waals surface area contributed by atoms with Gasteiger partial charge in [-0.1, -0.05) is 0 Å². The number of carbonyl (C=O) groups excluding carboxylic acids is 1. The van der Waals surface area contributed by atoms with Gasteiger partial charge in [-0.05, 0) is 6.92 Å². The highest BCUT2D eigenvalue weighted by Gasteiger charge is 2.35. The SMILES string of the molecule is CNC(=C(C)C(N)=O)C(F)(F)F. The number of rotatable bonds is 2. The van der Waals surface area contributed by atoms with E-state index in [4.69, 9.17) is 0 Å². The summed E-state index contributed by atoms with van der Waals surface area (Å²) >= 11 is 0. The highest BCUT2D eigenvalue weighted by Crippen LogP contribution is 2.25. The Balaban J connectivity index is 5.01. The number of nitrogens with one attached hydrogen (secondary N) is 1. The number of hydrogen-bond acceptors (Lipinski definition) is 2. The lowest BCUT2D eigenvalue weighted by Crippen LogP contribution is -2.28. The number of alkyl halides is 3. The van der Waals surface area contributed by atoms with Crippen LogP contribution in [0.5, 0.6) is 0 Å². The highest BCUT2D eigenvalue weighted by molar-refractivity contribution is 5.92. The number of allylic oxidation sites excluding steroid dienone is 1. The van der Waals surface area contributed by atoms with E-state index in [0.717, 1.165) is 14.0 Å². The first-order valence-corrected chi connectivity index (χ1v) is 3.06. The maximum absolute atomic E-state index is 12.0. The number of halogens is 3. The molecule has 0 radical (unpaired) electrons. The molecule has 0 saturated carbocycles. The van der Waals surface area contributed by atoms with Gasteiger partial charge in [0.15, 0.2) is 0 Å². The summed E-state index contributed by atoms with van der Waals surface area (Å²) in [5.41, 5.74) is 3.05. The van der Waals surface area contributed by atoms with Crippen molar-refractivity contribution in [2.24, 2.45) is 5.73 Å². The zero-order valence-corrected chi connectivity index (χ0v) is 6.62. The fourth-order valence-electron chi connectivity index (χ4n) is 0.665. The predicted molar refractivity (Wildman–Crippen MR) is 37.0 cm³/mol. The molecule has 0 aliphatic rings. The Morgan fingerprint density at radius 2 is 1.83 bits per heavy atom. The fourth-order valence-corrected chi connectivity index (χ4v) is 0.665. The highest BCUT2D eigenvalue weighted by atomic mass is 19.4. The molecule has 3 nitrogen and oxygen atoms in total. The summed E-state index contributed by atoms with van der Waals surface area (Å²) in [7, 11) is 1.08. The quantitative estimate of drug-likeness (QED) is 0.612. The Hall–Kier alpha value is -1.20. The number of nitrogens with two attached hydrogens (primary N) is 1. The van der Waals surface area contributed by atoms with Gasteiger partial charge in [0.05, 0.1) is 0 Å². The van der Waals surface area contributed by atoms with Crippen molar-refractivity contribution >= 4 is 5.91 Å². The zero-order chi connectivity index (χ0) is 9.94. The molecular formula is C6H9F3N2O. The van der Waals surface area contributed by atoms with Crippen LogP contribution in [0.25, 0.3) is 0 Å². The summed E-state index contributed by atoms with van der Waals surface area (Å²) in [5.74, 6) is -1.09. The molecule has 0 aliphatic heterocycles. The van der Waals surface area contributed by atoms with Gasteiger partial charge >= 0.3 is 6.18 Å². The minimum absolute atomic E-state index is 0.523. The van der Waals surface area contributed by atoms with Crippen LogP contribution >= 0.6 is 0 Å². The van der Waals surface area contributed by atoms with Gasteiger partial charge in [0.1, 0.15) is 5.70 Å². The van der Waals surface area contributed by atoms with Crippen molar-refractivity contribution in [3.8, 4) is 0 Å². The Morgan fingerprint density at radius 3 is 1.92 bits per heavy atom. The fraction of sp³-hybridized carbons (Fsp3) is 0.500. The van der Waals surface area contributed by atoms with Crippen LogP contribution in [-0.4, -0.2) is 19.1 Å². The standard InChI is InChI=1S/C6H9F3N2O/c1-3(5(10)12)4(11-2)6(7,8)9/h11H,1-2H3,(H2,10,12). The topological polar surface area (TPSA) is 55.1 Å². The van der Waals surface area contributed by atoms with E-state index in [2.05, 4.69) is 5.73 Å².